The van der Waals surface area contributed by atoms with Gasteiger partial charge in [-0.1, -0.05) is 17.7 Å². The van der Waals surface area contributed by atoms with E-state index < -0.39 is 6.09 Å². The molecule has 8 heteroatoms. The van der Waals surface area contributed by atoms with E-state index in [0.717, 1.165) is 54.0 Å². The van der Waals surface area contributed by atoms with E-state index in [9.17, 15) is 9.59 Å². The van der Waals surface area contributed by atoms with Crippen molar-refractivity contribution < 1.29 is 14.3 Å². The summed E-state index contributed by atoms with van der Waals surface area (Å²) in [5.41, 5.74) is 0. The summed E-state index contributed by atoms with van der Waals surface area (Å²) in [6.45, 7) is 2.16. The lowest BCUT2D eigenvalue weighted by Crippen LogP contribution is -2.36. The van der Waals surface area contributed by atoms with Gasteiger partial charge in [0.25, 0.3) is 5.91 Å². The number of aromatic nitrogens is 1. The maximum Gasteiger partial charge on any atom is 0.407 e. The molecule has 2 heterocycles. The minimum atomic E-state index is -0.555. The molecular formula is C20H25ClN4O3. The normalized spacial score (nSPS) is 14.7. The molecule has 1 saturated heterocycles. The molecule has 2 amide bonds. The van der Waals surface area contributed by atoms with Gasteiger partial charge in [-0.25, -0.2) is 9.78 Å². The minimum Gasteiger partial charge on any atom is -0.439 e. The summed E-state index contributed by atoms with van der Waals surface area (Å²) in [6.07, 6.45) is 4.32. The monoisotopic (exact) mass is 404 g/mol. The van der Waals surface area contributed by atoms with Gasteiger partial charge in [0, 0.05) is 43.3 Å². The molecule has 2 aromatic rings. The number of amides is 2. The number of halogens is 1. The third-order valence-electron chi connectivity index (χ3n) is 5.04. The van der Waals surface area contributed by atoms with Crippen LogP contribution in [0, 0.1) is 5.92 Å². The van der Waals surface area contributed by atoms with Crippen LogP contribution in [0.2, 0.25) is 5.02 Å². The number of fused-ring (bicyclic) bond motifs is 1. The molecule has 1 aromatic carbocycles. The molecule has 0 saturated carbocycles. The summed E-state index contributed by atoms with van der Waals surface area (Å²) in [5.74, 6) is 1.20. The van der Waals surface area contributed by atoms with E-state index in [1.54, 1.807) is 0 Å². The predicted octanol–water partition coefficient (Wildman–Crippen LogP) is 2.97. The number of anilines is 1. The zero-order chi connectivity index (χ0) is 19.9. The number of nitrogens with zero attached hydrogens (tertiary/aromatic N) is 2. The molecule has 0 radical (unpaired) electrons. The Hall–Kier alpha value is -2.54. The van der Waals surface area contributed by atoms with Crippen LogP contribution in [0.5, 0.6) is 0 Å². The standard InChI is InChI=1S/C20H25ClN4O3/c1-22-19(26)13-28-20(27)23-7-4-14-5-8-25(9-6-14)18-11-16-10-17(21)3-2-15(16)12-24-18/h2-3,10-12,14H,4-9,13H2,1H3,(H,22,26)(H,23,27). The minimum absolute atomic E-state index is 0.259. The number of ether oxygens (including phenoxy) is 1. The average molecular weight is 405 g/mol. The van der Waals surface area contributed by atoms with E-state index in [1.165, 1.54) is 7.05 Å². The first-order valence-electron chi connectivity index (χ1n) is 9.46. The maximum absolute atomic E-state index is 11.5. The van der Waals surface area contributed by atoms with Gasteiger partial charge in [-0.2, -0.15) is 0 Å². The zero-order valence-electron chi connectivity index (χ0n) is 15.9. The largest absolute Gasteiger partial charge is 0.439 e. The third-order valence-corrected chi connectivity index (χ3v) is 5.28. The van der Waals surface area contributed by atoms with E-state index in [4.69, 9.17) is 16.3 Å². The van der Waals surface area contributed by atoms with Crippen LogP contribution in [0.3, 0.4) is 0 Å². The van der Waals surface area contributed by atoms with E-state index >= 15 is 0 Å². The molecule has 150 valence electrons. The Balaban J connectivity index is 1.42. The van der Waals surface area contributed by atoms with Crippen molar-refractivity contribution in [2.75, 3.05) is 38.2 Å². The van der Waals surface area contributed by atoms with Gasteiger partial charge in [0.2, 0.25) is 0 Å². The van der Waals surface area contributed by atoms with E-state index in [1.807, 2.05) is 24.4 Å². The average Bonchev–Trinajstić information content (AvgIpc) is 2.72. The predicted molar refractivity (Wildman–Crippen MR) is 110 cm³/mol. The summed E-state index contributed by atoms with van der Waals surface area (Å²) in [4.78, 5) is 29.5. The third kappa shape index (κ3) is 5.48. The Morgan fingerprint density at radius 1 is 1.25 bits per heavy atom. The number of likely N-dealkylation sites (N-methyl/N-ethyl adjacent to an activating group) is 1. The number of nitrogens with one attached hydrogen (secondary N) is 2. The highest BCUT2D eigenvalue weighted by atomic mass is 35.5. The maximum atomic E-state index is 11.5. The van der Waals surface area contributed by atoms with Crippen LogP contribution in [0.25, 0.3) is 10.8 Å². The Labute approximate surface area is 169 Å². The van der Waals surface area contributed by atoms with Gasteiger partial charge in [0.15, 0.2) is 6.61 Å². The zero-order valence-corrected chi connectivity index (χ0v) is 16.7. The van der Waals surface area contributed by atoms with Crippen molar-refractivity contribution in [3.63, 3.8) is 0 Å². The van der Waals surface area contributed by atoms with Gasteiger partial charge in [-0.3, -0.25) is 4.79 Å². The second-order valence-corrected chi connectivity index (χ2v) is 7.37. The molecule has 0 unspecified atom stereocenters. The number of benzene rings is 1. The molecule has 0 atom stereocenters. The second-order valence-electron chi connectivity index (χ2n) is 6.93. The molecule has 1 fully saturated rings. The van der Waals surface area contributed by atoms with Crippen molar-refractivity contribution in [2.45, 2.75) is 19.3 Å². The number of carbonyl (C=O) groups is 2. The Morgan fingerprint density at radius 2 is 2.04 bits per heavy atom. The number of alkyl carbamates (subject to hydrolysis) is 1. The summed E-state index contributed by atoms with van der Waals surface area (Å²) < 4.78 is 4.81. The number of hydrogen-bond acceptors (Lipinski definition) is 5. The van der Waals surface area contributed by atoms with Gasteiger partial charge in [-0.15, -0.1) is 0 Å². The van der Waals surface area contributed by atoms with Crippen molar-refractivity contribution in [3.05, 3.63) is 35.5 Å². The lowest BCUT2D eigenvalue weighted by Gasteiger charge is -2.33. The van der Waals surface area contributed by atoms with Gasteiger partial charge in [0.1, 0.15) is 5.82 Å². The van der Waals surface area contributed by atoms with Gasteiger partial charge in [0.05, 0.1) is 0 Å². The molecule has 7 nitrogen and oxygen atoms in total. The highest BCUT2D eigenvalue weighted by Crippen LogP contribution is 2.27. The van der Waals surface area contributed by atoms with Crippen LogP contribution in [0.1, 0.15) is 19.3 Å². The van der Waals surface area contributed by atoms with Crippen molar-refractivity contribution in [3.8, 4) is 0 Å². The Kier molecular flexibility index (Phi) is 6.92. The van der Waals surface area contributed by atoms with Crippen LogP contribution >= 0.6 is 11.6 Å². The van der Waals surface area contributed by atoms with Crippen LogP contribution in [0.15, 0.2) is 30.5 Å². The highest BCUT2D eigenvalue weighted by Gasteiger charge is 2.20. The van der Waals surface area contributed by atoms with E-state index in [0.29, 0.717) is 12.5 Å². The summed E-state index contributed by atoms with van der Waals surface area (Å²) in [7, 11) is 1.50. The quantitative estimate of drug-likeness (QED) is 0.773. The first-order chi connectivity index (χ1) is 13.5. The lowest BCUT2D eigenvalue weighted by molar-refractivity contribution is -0.123. The molecule has 1 aliphatic rings. The van der Waals surface area contributed by atoms with E-state index in [-0.39, 0.29) is 12.5 Å². The molecule has 0 bridgehead atoms. The fraction of sp³-hybridized carbons (Fsp3) is 0.450. The van der Waals surface area contributed by atoms with Crippen molar-refractivity contribution >= 4 is 40.2 Å². The topological polar surface area (TPSA) is 83.6 Å². The summed E-state index contributed by atoms with van der Waals surface area (Å²) >= 11 is 6.10. The number of pyridine rings is 1. The first kappa shape index (κ1) is 20.2. The molecule has 28 heavy (non-hydrogen) atoms. The number of rotatable bonds is 6. The van der Waals surface area contributed by atoms with Crippen LogP contribution in [0.4, 0.5) is 10.6 Å². The van der Waals surface area contributed by atoms with Crippen molar-refractivity contribution in [2.24, 2.45) is 5.92 Å². The van der Waals surface area contributed by atoms with Crippen molar-refractivity contribution in [1.82, 2.24) is 15.6 Å². The van der Waals surface area contributed by atoms with Gasteiger partial charge in [-0.05, 0) is 48.8 Å². The fourth-order valence-electron chi connectivity index (χ4n) is 3.36. The molecule has 1 aromatic heterocycles. The Bertz CT molecular complexity index is 837. The van der Waals surface area contributed by atoms with Crippen LogP contribution < -0.4 is 15.5 Å². The molecule has 0 aliphatic carbocycles. The second kappa shape index (κ2) is 9.59. The SMILES string of the molecule is CNC(=O)COC(=O)NCCC1CCN(c2cc3cc(Cl)ccc3cn2)CC1. The van der Waals surface area contributed by atoms with Gasteiger partial charge < -0.3 is 20.3 Å². The molecular weight excluding hydrogens is 380 g/mol. The van der Waals surface area contributed by atoms with Crippen molar-refractivity contribution in [1.29, 1.82) is 0 Å². The fourth-order valence-corrected chi connectivity index (χ4v) is 3.54. The van der Waals surface area contributed by atoms with Gasteiger partial charge >= 0.3 is 6.09 Å². The number of carbonyl (C=O) groups excluding carboxylic acids is 2. The van der Waals surface area contributed by atoms with Crippen LogP contribution in [-0.4, -0.2) is 50.3 Å². The summed E-state index contributed by atoms with van der Waals surface area (Å²) in [5, 5.41) is 8.00. The summed E-state index contributed by atoms with van der Waals surface area (Å²) in [6, 6.07) is 7.90. The number of piperidine rings is 1. The van der Waals surface area contributed by atoms with Crippen LogP contribution in [-0.2, 0) is 9.53 Å². The Morgan fingerprint density at radius 3 is 2.79 bits per heavy atom. The lowest BCUT2D eigenvalue weighted by atomic mass is 9.93. The smallest absolute Gasteiger partial charge is 0.407 e. The first-order valence-corrected chi connectivity index (χ1v) is 9.84. The molecule has 3 rings (SSSR count). The molecule has 0 spiro atoms. The van der Waals surface area contributed by atoms with E-state index in [2.05, 4.69) is 26.6 Å². The molecule has 2 N–H and O–H groups in total. The number of hydrogen-bond donors (Lipinski definition) is 2. The molecule has 1 aliphatic heterocycles. The highest BCUT2D eigenvalue weighted by molar-refractivity contribution is 6.31.